The van der Waals surface area contributed by atoms with Crippen LogP contribution in [0.25, 0.3) is 10.9 Å². The molecular weight excluding hydrogens is 422 g/mol. The lowest BCUT2D eigenvalue weighted by Crippen LogP contribution is -2.30. The maximum atomic E-state index is 11.9. The summed E-state index contributed by atoms with van der Waals surface area (Å²) in [5.74, 6) is 2.07. The zero-order valence-electron chi connectivity index (χ0n) is 18.9. The number of rotatable bonds is 8. The van der Waals surface area contributed by atoms with Crippen molar-refractivity contribution in [1.82, 2.24) is 30.8 Å². The number of aromatic nitrogens is 4. The van der Waals surface area contributed by atoms with Gasteiger partial charge in [0.05, 0.1) is 31.8 Å². The van der Waals surface area contributed by atoms with Crippen LogP contribution in [0.4, 0.5) is 11.6 Å². The van der Waals surface area contributed by atoms with Crippen molar-refractivity contribution in [3.05, 3.63) is 36.3 Å². The SMILES string of the molecule is C1COCCN1.CCCOc1ccc2c(Nc3cc(CC(=O)NC4CC4)[nH]n3)ncnc2c1. The molecule has 1 aliphatic carbocycles. The first-order valence-electron chi connectivity index (χ1n) is 11.5. The molecule has 1 amide bonds. The smallest absolute Gasteiger partial charge is 0.226 e. The maximum Gasteiger partial charge on any atom is 0.226 e. The zero-order chi connectivity index (χ0) is 22.9. The molecule has 1 saturated carbocycles. The van der Waals surface area contributed by atoms with Gasteiger partial charge < -0.3 is 25.4 Å². The van der Waals surface area contributed by atoms with Gasteiger partial charge in [-0.3, -0.25) is 9.89 Å². The molecule has 1 aliphatic heterocycles. The Kier molecular flexibility index (Phi) is 8.04. The van der Waals surface area contributed by atoms with Crippen LogP contribution in [0.5, 0.6) is 5.75 Å². The van der Waals surface area contributed by atoms with Gasteiger partial charge in [-0.25, -0.2) is 9.97 Å². The third-order valence-electron chi connectivity index (χ3n) is 5.10. The Morgan fingerprint density at radius 2 is 2.06 bits per heavy atom. The lowest BCUT2D eigenvalue weighted by Gasteiger charge is -2.10. The summed E-state index contributed by atoms with van der Waals surface area (Å²) in [5, 5.41) is 17.3. The van der Waals surface area contributed by atoms with E-state index < -0.39 is 0 Å². The van der Waals surface area contributed by atoms with Crippen molar-refractivity contribution in [2.75, 3.05) is 38.2 Å². The number of benzene rings is 1. The Labute approximate surface area is 192 Å². The van der Waals surface area contributed by atoms with Crippen molar-refractivity contribution in [3.63, 3.8) is 0 Å². The molecule has 0 spiro atoms. The molecule has 10 heteroatoms. The minimum atomic E-state index is 0.0137. The lowest BCUT2D eigenvalue weighted by atomic mass is 10.2. The molecule has 0 atom stereocenters. The normalized spacial score (nSPS) is 15.4. The summed E-state index contributed by atoms with van der Waals surface area (Å²) in [6, 6.07) is 7.91. The van der Waals surface area contributed by atoms with E-state index in [-0.39, 0.29) is 12.3 Å². The van der Waals surface area contributed by atoms with Gasteiger partial charge in [-0.2, -0.15) is 5.10 Å². The summed E-state index contributed by atoms with van der Waals surface area (Å²) in [6.45, 7) is 6.57. The summed E-state index contributed by atoms with van der Waals surface area (Å²) in [4.78, 5) is 20.5. The van der Waals surface area contributed by atoms with E-state index in [1.54, 1.807) is 0 Å². The number of hydrogen-bond donors (Lipinski definition) is 4. The van der Waals surface area contributed by atoms with Crippen molar-refractivity contribution in [1.29, 1.82) is 0 Å². The summed E-state index contributed by atoms with van der Waals surface area (Å²) >= 11 is 0. The van der Waals surface area contributed by atoms with Crippen molar-refractivity contribution in [3.8, 4) is 5.75 Å². The molecule has 3 heterocycles. The predicted octanol–water partition coefficient (Wildman–Crippen LogP) is 2.31. The van der Waals surface area contributed by atoms with Crippen LogP contribution in [-0.2, 0) is 16.0 Å². The number of fused-ring (bicyclic) bond motifs is 1. The standard InChI is InChI=1S/C19H22N6O2.C4H9NO/c1-2-7-27-14-5-6-15-16(10-14)20-11-21-19(15)23-17-8-13(24-25-17)9-18(26)22-12-3-4-12;1-3-6-4-2-5-1/h5-6,8,10-12H,2-4,7,9H2,1H3,(H,22,26)(H2,20,21,23,24,25);5H,1-4H2. The molecule has 1 saturated heterocycles. The Balaban J connectivity index is 0.000000376. The molecule has 0 radical (unpaired) electrons. The van der Waals surface area contributed by atoms with Crippen molar-refractivity contribution in [2.24, 2.45) is 0 Å². The molecule has 0 bridgehead atoms. The van der Waals surface area contributed by atoms with E-state index in [2.05, 4.69) is 43.0 Å². The van der Waals surface area contributed by atoms with E-state index in [9.17, 15) is 4.79 Å². The third-order valence-corrected chi connectivity index (χ3v) is 5.10. The van der Waals surface area contributed by atoms with Gasteiger partial charge in [0, 0.05) is 42.3 Å². The van der Waals surface area contributed by atoms with E-state index >= 15 is 0 Å². The highest BCUT2D eigenvalue weighted by molar-refractivity contribution is 5.91. The highest BCUT2D eigenvalue weighted by Crippen LogP contribution is 2.26. The molecule has 4 N–H and O–H groups in total. The molecule has 2 aromatic heterocycles. The van der Waals surface area contributed by atoms with Gasteiger partial charge in [0.25, 0.3) is 0 Å². The van der Waals surface area contributed by atoms with Gasteiger partial charge in [0.15, 0.2) is 5.82 Å². The zero-order valence-corrected chi connectivity index (χ0v) is 18.9. The number of hydrogen-bond acceptors (Lipinski definition) is 8. The van der Waals surface area contributed by atoms with Crippen LogP contribution in [0.1, 0.15) is 31.9 Å². The Bertz CT molecular complexity index is 1040. The van der Waals surface area contributed by atoms with Crippen molar-refractivity contribution in [2.45, 2.75) is 38.6 Å². The van der Waals surface area contributed by atoms with Gasteiger partial charge in [0.1, 0.15) is 17.9 Å². The van der Waals surface area contributed by atoms with Crippen LogP contribution in [0.2, 0.25) is 0 Å². The van der Waals surface area contributed by atoms with Gasteiger partial charge >= 0.3 is 0 Å². The van der Waals surface area contributed by atoms with E-state index in [4.69, 9.17) is 9.47 Å². The van der Waals surface area contributed by atoms with Crippen LogP contribution in [0, 0.1) is 0 Å². The van der Waals surface area contributed by atoms with E-state index in [0.29, 0.717) is 24.3 Å². The van der Waals surface area contributed by atoms with Gasteiger partial charge in [-0.1, -0.05) is 6.92 Å². The Hall–Kier alpha value is -3.24. The number of ether oxygens (including phenoxy) is 2. The second-order valence-electron chi connectivity index (χ2n) is 8.03. The summed E-state index contributed by atoms with van der Waals surface area (Å²) < 4.78 is 10.7. The van der Waals surface area contributed by atoms with Crippen molar-refractivity contribution >= 4 is 28.4 Å². The van der Waals surface area contributed by atoms with Crippen LogP contribution < -0.4 is 20.7 Å². The summed E-state index contributed by atoms with van der Waals surface area (Å²) in [7, 11) is 0. The van der Waals surface area contributed by atoms with Crippen LogP contribution in [0.15, 0.2) is 30.6 Å². The molecule has 1 aromatic carbocycles. The number of carbonyl (C=O) groups is 1. The fourth-order valence-electron chi connectivity index (χ4n) is 3.28. The number of aromatic amines is 1. The lowest BCUT2D eigenvalue weighted by molar-refractivity contribution is -0.120. The molecule has 10 nitrogen and oxygen atoms in total. The van der Waals surface area contributed by atoms with Crippen LogP contribution >= 0.6 is 0 Å². The number of amides is 1. The Morgan fingerprint density at radius 1 is 1.21 bits per heavy atom. The molecule has 2 aliphatic rings. The number of morpholine rings is 1. The first kappa shape index (κ1) is 22.9. The Morgan fingerprint density at radius 3 is 2.76 bits per heavy atom. The first-order chi connectivity index (χ1) is 16.2. The fraction of sp³-hybridized carbons (Fsp3) is 0.478. The second kappa shape index (κ2) is 11.6. The monoisotopic (exact) mass is 453 g/mol. The largest absolute Gasteiger partial charge is 0.494 e. The van der Waals surface area contributed by atoms with E-state index in [1.165, 1.54) is 6.33 Å². The third kappa shape index (κ3) is 7.13. The number of anilines is 2. The fourth-order valence-corrected chi connectivity index (χ4v) is 3.28. The van der Waals surface area contributed by atoms with Gasteiger partial charge in [-0.05, 0) is 31.4 Å². The van der Waals surface area contributed by atoms with Crippen molar-refractivity contribution < 1.29 is 14.3 Å². The van der Waals surface area contributed by atoms with Crippen LogP contribution in [-0.4, -0.2) is 65.0 Å². The summed E-state index contributed by atoms with van der Waals surface area (Å²) in [6.07, 6.45) is 4.90. The average Bonchev–Trinajstić information content (AvgIpc) is 3.55. The molecule has 5 rings (SSSR count). The quantitative estimate of drug-likeness (QED) is 0.409. The van der Waals surface area contributed by atoms with Crippen LogP contribution in [0.3, 0.4) is 0 Å². The minimum Gasteiger partial charge on any atom is -0.494 e. The number of nitrogens with zero attached hydrogens (tertiary/aromatic N) is 3. The second-order valence-corrected chi connectivity index (χ2v) is 8.03. The molecule has 0 unspecified atom stereocenters. The first-order valence-corrected chi connectivity index (χ1v) is 11.5. The molecular formula is C23H31N7O3. The number of nitrogens with one attached hydrogen (secondary N) is 4. The topological polar surface area (TPSA) is 126 Å². The molecule has 3 aromatic rings. The number of H-pyrrole nitrogens is 1. The number of carbonyl (C=O) groups excluding carboxylic acids is 1. The molecule has 2 fully saturated rings. The van der Waals surface area contributed by atoms with E-state index in [0.717, 1.165) is 67.9 Å². The average molecular weight is 454 g/mol. The van der Waals surface area contributed by atoms with E-state index in [1.807, 2.05) is 24.3 Å². The highest BCUT2D eigenvalue weighted by atomic mass is 16.5. The van der Waals surface area contributed by atoms with Gasteiger partial charge in [-0.15, -0.1) is 0 Å². The van der Waals surface area contributed by atoms with Gasteiger partial charge in [0.2, 0.25) is 5.91 Å². The summed E-state index contributed by atoms with van der Waals surface area (Å²) in [5.41, 5.74) is 1.55. The maximum absolute atomic E-state index is 11.9. The molecule has 176 valence electrons. The molecule has 33 heavy (non-hydrogen) atoms. The predicted molar refractivity (Wildman–Crippen MR) is 126 cm³/mol. The highest BCUT2D eigenvalue weighted by Gasteiger charge is 2.23. The minimum absolute atomic E-state index is 0.0137.